The Morgan fingerprint density at radius 3 is 2.56 bits per heavy atom. The number of hydrogen-bond acceptors (Lipinski definition) is 3. The van der Waals surface area contributed by atoms with Crippen molar-refractivity contribution in [3.8, 4) is 0 Å². The molecule has 8 heteroatoms. The zero-order valence-corrected chi connectivity index (χ0v) is 15.7. The minimum atomic E-state index is -4.55. The second-order valence-electron chi connectivity index (χ2n) is 6.72. The number of benzene rings is 1. The second-order valence-corrected chi connectivity index (χ2v) is 7.95. The molecule has 4 nitrogen and oxygen atoms in total. The minimum absolute atomic E-state index is 0.197. The highest BCUT2D eigenvalue weighted by atomic mass is 32.2. The van der Waals surface area contributed by atoms with E-state index in [2.05, 4.69) is 5.10 Å². The summed E-state index contributed by atoms with van der Waals surface area (Å²) in [7, 11) is 0. The number of carbonyl (C=O) groups is 1. The molecule has 1 aromatic heterocycles. The van der Waals surface area contributed by atoms with Gasteiger partial charge in [-0.25, -0.2) is 0 Å². The van der Waals surface area contributed by atoms with Gasteiger partial charge in [-0.15, -0.1) is 0 Å². The summed E-state index contributed by atoms with van der Waals surface area (Å²) >= 11 is 1.94. The summed E-state index contributed by atoms with van der Waals surface area (Å²) in [5, 5.41) is 5.53. The summed E-state index contributed by atoms with van der Waals surface area (Å²) < 4.78 is 38.4. The van der Waals surface area contributed by atoms with Crippen LogP contribution < -0.4 is 0 Å². The third kappa shape index (κ3) is 5.51. The highest BCUT2D eigenvalue weighted by Crippen LogP contribution is 2.29. The van der Waals surface area contributed by atoms with Gasteiger partial charge in [0.2, 0.25) is 0 Å². The van der Waals surface area contributed by atoms with Crippen molar-refractivity contribution in [2.45, 2.75) is 32.0 Å². The number of nitrogens with zero attached hydrogens (tertiary/aromatic N) is 2. The van der Waals surface area contributed by atoms with E-state index in [1.54, 1.807) is 4.90 Å². The second kappa shape index (κ2) is 8.82. The van der Waals surface area contributed by atoms with Crippen LogP contribution in [0.25, 0.3) is 0 Å². The number of H-pyrrole nitrogens is 1. The Bertz CT molecular complexity index is 742. The molecule has 1 saturated heterocycles. The Kier molecular flexibility index (Phi) is 6.46. The molecule has 1 aromatic carbocycles. The molecule has 2 heterocycles. The molecule has 0 radical (unpaired) electrons. The van der Waals surface area contributed by atoms with Crippen LogP contribution in [0.4, 0.5) is 13.2 Å². The van der Waals surface area contributed by atoms with Crippen LogP contribution in [0.1, 0.15) is 41.0 Å². The van der Waals surface area contributed by atoms with Crippen LogP contribution in [0, 0.1) is 5.92 Å². The van der Waals surface area contributed by atoms with E-state index in [1.807, 2.05) is 47.2 Å². The van der Waals surface area contributed by atoms with Gasteiger partial charge in [0.25, 0.3) is 5.91 Å². The van der Waals surface area contributed by atoms with Crippen molar-refractivity contribution in [1.29, 1.82) is 0 Å². The maximum atomic E-state index is 12.8. The van der Waals surface area contributed by atoms with E-state index in [0.29, 0.717) is 19.0 Å². The normalized spacial score (nSPS) is 15.7. The molecule has 0 bridgehead atoms. The van der Waals surface area contributed by atoms with Crippen molar-refractivity contribution in [2.24, 2.45) is 5.92 Å². The van der Waals surface area contributed by atoms with E-state index in [4.69, 9.17) is 0 Å². The first-order chi connectivity index (χ1) is 12.9. The number of hydrogen-bond donors (Lipinski definition) is 1. The molecule has 1 N–H and O–H groups in total. The topological polar surface area (TPSA) is 49.0 Å². The number of aromatic nitrogens is 2. The Balaban J connectivity index is 1.73. The standard InChI is InChI=1S/C19H22F3N3OS/c20-19(21,22)17-12-16(23-24-17)18(26)25(13-15-4-2-1-3-5-15)9-6-14-7-10-27-11-8-14/h1-5,12,14H,6-11,13H2,(H,23,24). The van der Waals surface area contributed by atoms with Gasteiger partial charge < -0.3 is 4.90 Å². The number of amides is 1. The molecule has 0 saturated carbocycles. The van der Waals surface area contributed by atoms with Gasteiger partial charge >= 0.3 is 6.18 Å². The van der Waals surface area contributed by atoms with Crippen LogP contribution in [0.2, 0.25) is 0 Å². The fraction of sp³-hybridized carbons (Fsp3) is 0.474. The van der Waals surface area contributed by atoms with Crippen molar-refractivity contribution in [1.82, 2.24) is 15.1 Å². The van der Waals surface area contributed by atoms with Crippen molar-refractivity contribution < 1.29 is 18.0 Å². The highest BCUT2D eigenvalue weighted by Gasteiger charge is 2.34. The number of carbonyl (C=O) groups excluding carboxylic acids is 1. The Hall–Kier alpha value is -1.96. The van der Waals surface area contributed by atoms with Crippen molar-refractivity contribution in [3.05, 3.63) is 53.3 Å². The molecule has 1 aliphatic rings. The maximum absolute atomic E-state index is 12.8. The van der Waals surface area contributed by atoms with Gasteiger partial charge in [-0.3, -0.25) is 9.89 Å². The SMILES string of the molecule is O=C(c1cc(C(F)(F)F)[nH]n1)N(CCC1CCSCC1)Cc1ccccc1. The first kappa shape index (κ1) is 19.8. The predicted octanol–water partition coefficient (Wildman–Crippen LogP) is 4.60. The third-order valence-electron chi connectivity index (χ3n) is 4.75. The first-order valence-electron chi connectivity index (χ1n) is 8.97. The Labute approximate surface area is 160 Å². The molecule has 3 rings (SSSR count). The zero-order chi connectivity index (χ0) is 19.3. The zero-order valence-electron chi connectivity index (χ0n) is 14.8. The number of rotatable bonds is 6. The van der Waals surface area contributed by atoms with E-state index >= 15 is 0 Å². The van der Waals surface area contributed by atoms with Gasteiger partial charge in [-0.05, 0) is 42.2 Å². The molecule has 0 spiro atoms. The van der Waals surface area contributed by atoms with Crippen LogP contribution in [0.15, 0.2) is 36.4 Å². The molecule has 27 heavy (non-hydrogen) atoms. The van der Waals surface area contributed by atoms with Crippen LogP contribution in [-0.2, 0) is 12.7 Å². The van der Waals surface area contributed by atoms with Crippen LogP contribution in [-0.4, -0.2) is 39.1 Å². The molecule has 1 fully saturated rings. The van der Waals surface area contributed by atoms with E-state index in [1.165, 1.54) is 0 Å². The summed E-state index contributed by atoms with van der Waals surface area (Å²) in [5.74, 6) is 2.34. The number of alkyl halides is 3. The molecule has 0 aliphatic carbocycles. The smallest absolute Gasteiger partial charge is 0.333 e. The van der Waals surface area contributed by atoms with E-state index in [-0.39, 0.29) is 5.69 Å². The number of halogens is 3. The number of aromatic amines is 1. The van der Waals surface area contributed by atoms with Gasteiger partial charge in [0, 0.05) is 19.2 Å². The summed E-state index contributed by atoms with van der Waals surface area (Å²) in [6.45, 7) is 0.868. The average molecular weight is 397 g/mol. The third-order valence-corrected chi connectivity index (χ3v) is 5.80. The largest absolute Gasteiger partial charge is 0.432 e. The molecular weight excluding hydrogens is 375 g/mol. The van der Waals surface area contributed by atoms with E-state index < -0.39 is 17.8 Å². The van der Waals surface area contributed by atoms with Crippen LogP contribution in [0.5, 0.6) is 0 Å². The maximum Gasteiger partial charge on any atom is 0.432 e. The van der Waals surface area contributed by atoms with Crippen molar-refractivity contribution in [3.63, 3.8) is 0 Å². The predicted molar refractivity (Wildman–Crippen MR) is 99.4 cm³/mol. The Morgan fingerprint density at radius 2 is 1.93 bits per heavy atom. The fourth-order valence-electron chi connectivity index (χ4n) is 3.17. The van der Waals surface area contributed by atoms with Gasteiger partial charge in [-0.2, -0.15) is 30.0 Å². The quantitative estimate of drug-likeness (QED) is 0.775. The summed E-state index contributed by atoms with van der Waals surface area (Å²) in [6.07, 6.45) is -1.44. The summed E-state index contributed by atoms with van der Waals surface area (Å²) in [4.78, 5) is 14.4. The number of nitrogens with one attached hydrogen (secondary N) is 1. The summed E-state index contributed by atoms with van der Waals surface area (Å²) in [5.41, 5.74) is -0.260. The van der Waals surface area contributed by atoms with E-state index in [9.17, 15) is 18.0 Å². The summed E-state index contributed by atoms with van der Waals surface area (Å²) in [6, 6.07) is 10.3. The van der Waals surface area contributed by atoms with Crippen molar-refractivity contribution >= 4 is 17.7 Å². The lowest BCUT2D eigenvalue weighted by atomic mass is 9.98. The van der Waals surface area contributed by atoms with E-state index in [0.717, 1.165) is 42.4 Å². The molecule has 0 unspecified atom stereocenters. The van der Waals surface area contributed by atoms with Gasteiger partial charge in [0.1, 0.15) is 5.69 Å². The fourth-order valence-corrected chi connectivity index (χ4v) is 4.37. The lowest BCUT2D eigenvalue weighted by molar-refractivity contribution is -0.141. The number of thioether (sulfide) groups is 1. The Morgan fingerprint density at radius 1 is 1.22 bits per heavy atom. The molecule has 1 aliphatic heterocycles. The molecule has 146 valence electrons. The molecular formula is C19H22F3N3OS. The molecule has 0 atom stereocenters. The molecule has 2 aromatic rings. The lowest BCUT2D eigenvalue weighted by Gasteiger charge is -2.26. The first-order valence-corrected chi connectivity index (χ1v) is 10.1. The average Bonchev–Trinajstić information content (AvgIpc) is 3.17. The highest BCUT2D eigenvalue weighted by molar-refractivity contribution is 7.99. The van der Waals surface area contributed by atoms with Crippen LogP contribution in [0.3, 0.4) is 0 Å². The molecule has 1 amide bonds. The minimum Gasteiger partial charge on any atom is -0.333 e. The lowest BCUT2D eigenvalue weighted by Crippen LogP contribution is -2.33. The van der Waals surface area contributed by atoms with Gasteiger partial charge in [0.05, 0.1) is 0 Å². The van der Waals surface area contributed by atoms with Gasteiger partial charge in [0.15, 0.2) is 5.69 Å². The van der Waals surface area contributed by atoms with Gasteiger partial charge in [-0.1, -0.05) is 30.3 Å². The van der Waals surface area contributed by atoms with Crippen LogP contribution >= 0.6 is 11.8 Å². The monoisotopic (exact) mass is 397 g/mol. The van der Waals surface area contributed by atoms with Crippen molar-refractivity contribution in [2.75, 3.05) is 18.1 Å².